The van der Waals surface area contributed by atoms with Crippen molar-refractivity contribution < 1.29 is 4.79 Å². The second-order valence-electron chi connectivity index (χ2n) is 8.92. The summed E-state index contributed by atoms with van der Waals surface area (Å²) in [5.74, 6) is 1.79. The molecule has 1 amide bonds. The van der Waals surface area contributed by atoms with Gasteiger partial charge in [-0.2, -0.15) is 0 Å². The normalized spacial score (nSPS) is 21.1. The van der Waals surface area contributed by atoms with E-state index in [-0.39, 0.29) is 5.91 Å². The van der Waals surface area contributed by atoms with Gasteiger partial charge in [-0.25, -0.2) is 0 Å². The van der Waals surface area contributed by atoms with Crippen LogP contribution in [0.4, 0.5) is 0 Å². The fourth-order valence-corrected chi connectivity index (χ4v) is 5.15. The highest BCUT2D eigenvalue weighted by Gasteiger charge is 2.31. The van der Waals surface area contributed by atoms with E-state index in [2.05, 4.69) is 44.0 Å². The van der Waals surface area contributed by atoms with E-state index in [1.807, 2.05) is 4.90 Å². The lowest BCUT2D eigenvalue weighted by Gasteiger charge is -2.40. The molecule has 3 rings (SSSR count). The molecule has 156 valence electrons. The number of hydrogen-bond acceptors (Lipinski definition) is 3. The van der Waals surface area contributed by atoms with E-state index in [1.54, 1.807) is 0 Å². The summed E-state index contributed by atoms with van der Waals surface area (Å²) in [6.07, 6.45) is 7.68. The van der Waals surface area contributed by atoms with E-state index in [0.717, 1.165) is 50.6 Å². The van der Waals surface area contributed by atoms with E-state index in [0.29, 0.717) is 6.42 Å². The maximum absolute atomic E-state index is 12.9. The van der Waals surface area contributed by atoms with Crippen LogP contribution in [0.2, 0.25) is 0 Å². The number of carbonyl (C=O) groups excluding carboxylic acids is 1. The van der Waals surface area contributed by atoms with Gasteiger partial charge in [-0.1, -0.05) is 32.0 Å². The standard InChI is InChI=1S/C24H39N3O/c1-4-19-7-6-18(16-20(19)5-2)17-23(25)24(28)27-14-10-22(11-15-27)21-8-12-26(3)13-9-21/h6-7,16,21-23H,4-5,8-15,17,25H2,1-3H3. The van der Waals surface area contributed by atoms with E-state index in [1.165, 1.54) is 42.6 Å². The molecule has 1 unspecified atom stereocenters. The second kappa shape index (κ2) is 9.89. The second-order valence-corrected chi connectivity index (χ2v) is 8.92. The molecule has 2 saturated heterocycles. The third-order valence-electron chi connectivity index (χ3n) is 7.09. The summed E-state index contributed by atoms with van der Waals surface area (Å²) in [6, 6.07) is 6.19. The Morgan fingerprint density at radius 3 is 2.14 bits per heavy atom. The van der Waals surface area contributed by atoms with Crippen LogP contribution in [-0.2, 0) is 24.1 Å². The van der Waals surface area contributed by atoms with Crippen molar-refractivity contribution in [2.75, 3.05) is 33.2 Å². The molecule has 0 bridgehead atoms. The monoisotopic (exact) mass is 385 g/mol. The highest BCUT2D eigenvalue weighted by molar-refractivity contribution is 5.82. The Bertz CT molecular complexity index is 643. The average Bonchev–Trinajstić information content (AvgIpc) is 2.73. The number of piperidine rings is 2. The molecule has 0 aliphatic carbocycles. The van der Waals surface area contributed by atoms with Gasteiger partial charge in [0.15, 0.2) is 0 Å². The lowest BCUT2D eigenvalue weighted by Crippen LogP contribution is -2.49. The lowest BCUT2D eigenvalue weighted by atomic mass is 9.79. The molecule has 2 N–H and O–H groups in total. The first-order chi connectivity index (χ1) is 13.5. The van der Waals surface area contributed by atoms with Gasteiger partial charge in [0.05, 0.1) is 6.04 Å². The topological polar surface area (TPSA) is 49.6 Å². The fraction of sp³-hybridized carbons (Fsp3) is 0.708. The van der Waals surface area contributed by atoms with Gasteiger partial charge in [0.2, 0.25) is 5.91 Å². The number of aryl methyl sites for hydroxylation is 2. The Balaban J connectivity index is 1.50. The smallest absolute Gasteiger partial charge is 0.239 e. The van der Waals surface area contributed by atoms with Crippen LogP contribution in [0.25, 0.3) is 0 Å². The van der Waals surface area contributed by atoms with Crippen LogP contribution in [0.1, 0.15) is 56.2 Å². The van der Waals surface area contributed by atoms with Gasteiger partial charge in [-0.05, 0) is 93.6 Å². The first-order valence-electron chi connectivity index (χ1n) is 11.3. The molecule has 0 saturated carbocycles. The average molecular weight is 386 g/mol. The molecule has 0 radical (unpaired) electrons. The molecule has 2 fully saturated rings. The summed E-state index contributed by atoms with van der Waals surface area (Å²) in [5, 5.41) is 0. The van der Waals surface area contributed by atoms with Crippen LogP contribution >= 0.6 is 0 Å². The van der Waals surface area contributed by atoms with Crippen molar-refractivity contribution in [3.05, 3.63) is 34.9 Å². The van der Waals surface area contributed by atoms with Gasteiger partial charge >= 0.3 is 0 Å². The number of benzene rings is 1. The van der Waals surface area contributed by atoms with Gasteiger partial charge in [-0.3, -0.25) is 4.79 Å². The number of nitrogens with two attached hydrogens (primary N) is 1. The predicted molar refractivity (Wildman–Crippen MR) is 116 cm³/mol. The van der Waals surface area contributed by atoms with Gasteiger partial charge in [0, 0.05) is 13.1 Å². The molecule has 2 heterocycles. The van der Waals surface area contributed by atoms with Gasteiger partial charge in [0.1, 0.15) is 0 Å². The Hall–Kier alpha value is -1.39. The zero-order valence-electron chi connectivity index (χ0n) is 18.1. The summed E-state index contributed by atoms with van der Waals surface area (Å²) >= 11 is 0. The fourth-order valence-electron chi connectivity index (χ4n) is 5.15. The van der Waals surface area contributed by atoms with Crippen molar-refractivity contribution in [1.29, 1.82) is 0 Å². The van der Waals surface area contributed by atoms with Gasteiger partial charge in [-0.15, -0.1) is 0 Å². The minimum absolute atomic E-state index is 0.138. The van der Waals surface area contributed by atoms with Crippen LogP contribution in [0, 0.1) is 11.8 Å². The van der Waals surface area contributed by atoms with Crippen molar-refractivity contribution in [1.82, 2.24) is 9.80 Å². The Labute approximate surface area is 171 Å². The highest BCUT2D eigenvalue weighted by atomic mass is 16.2. The molecule has 1 aromatic carbocycles. The zero-order valence-corrected chi connectivity index (χ0v) is 18.1. The largest absolute Gasteiger partial charge is 0.341 e. The molecule has 4 nitrogen and oxygen atoms in total. The first-order valence-corrected chi connectivity index (χ1v) is 11.3. The Kier molecular flexibility index (Phi) is 7.53. The number of carbonyl (C=O) groups is 1. The molecule has 4 heteroatoms. The molecule has 28 heavy (non-hydrogen) atoms. The predicted octanol–water partition coefficient (Wildman–Crippen LogP) is 3.26. The van der Waals surface area contributed by atoms with E-state index < -0.39 is 6.04 Å². The summed E-state index contributed by atoms with van der Waals surface area (Å²) in [5.41, 5.74) is 10.3. The van der Waals surface area contributed by atoms with Crippen molar-refractivity contribution in [3.8, 4) is 0 Å². The number of amides is 1. The first kappa shape index (κ1) is 21.3. The van der Waals surface area contributed by atoms with Crippen LogP contribution in [0.5, 0.6) is 0 Å². The number of likely N-dealkylation sites (tertiary alicyclic amines) is 2. The Morgan fingerprint density at radius 1 is 1.00 bits per heavy atom. The van der Waals surface area contributed by atoms with Crippen molar-refractivity contribution >= 4 is 5.91 Å². The third kappa shape index (κ3) is 5.15. The number of hydrogen-bond donors (Lipinski definition) is 1. The highest BCUT2D eigenvalue weighted by Crippen LogP contribution is 2.32. The van der Waals surface area contributed by atoms with Crippen LogP contribution in [-0.4, -0.2) is 55.0 Å². The van der Waals surface area contributed by atoms with E-state index in [9.17, 15) is 4.79 Å². The molecule has 0 aromatic heterocycles. The molecule has 1 aromatic rings. The van der Waals surface area contributed by atoms with E-state index in [4.69, 9.17) is 5.73 Å². The van der Waals surface area contributed by atoms with Crippen LogP contribution in [0.15, 0.2) is 18.2 Å². The minimum atomic E-state index is -0.419. The molecular weight excluding hydrogens is 346 g/mol. The maximum atomic E-state index is 12.9. The summed E-state index contributed by atoms with van der Waals surface area (Å²) in [7, 11) is 2.22. The molecule has 0 spiro atoms. The zero-order chi connectivity index (χ0) is 20.1. The minimum Gasteiger partial charge on any atom is -0.341 e. The Morgan fingerprint density at radius 2 is 1.57 bits per heavy atom. The van der Waals surface area contributed by atoms with Gasteiger partial charge in [0.25, 0.3) is 0 Å². The van der Waals surface area contributed by atoms with Crippen molar-refractivity contribution in [3.63, 3.8) is 0 Å². The summed E-state index contributed by atoms with van der Waals surface area (Å²) < 4.78 is 0. The summed E-state index contributed by atoms with van der Waals surface area (Å²) in [4.78, 5) is 17.4. The quantitative estimate of drug-likeness (QED) is 0.818. The van der Waals surface area contributed by atoms with Crippen molar-refractivity contribution in [2.24, 2.45) is 17.6 Å². The molecule has 2 aliphatic rings. The number of rotatable bonds is 6. The third-order valence-corrected chi connectivity index (χ3v) is 7.09. The SMILES string of the molecule is CCc1ccc(CC(N)C(=O)N2CCC(C3CCN(C)CC3)CC2)cc1CC. The summed E-state index contributed by atoms with van der Waals surface area (Å²) in [6.45, 7) is 8.62. The lowest BCUT2D eigenvalue weighted by molar-refractivity contribution is -0.134. The number of nitrogens with zero attached hydrogens (tertiary/aromatic N) is 2. The molecule has 1 atom stereocenters. The van der Waals surface area contributed by atoms with Gasteiger partial charge < -0.3 is 15.5 Å². The van der Waals surface area contributed by atoms with Crippen LogP contribution < -0.4 is 5.73 Å². The molecular formula is C24H39N3O. The molecule has 2 aliphatic heterocycles. The van der Waals surface area contributed by atoms with Crippen LogP contribution in [0.3, 0.4) is 0 Å². The van der Waals surface area contributed by atoms with Crippen molar-refractivity contribution in [2.45, 2.75) is 64.8 Å². The maximum Gasteiger partial charge on any atom is 0.239 e. The van der Waals surface area contributed by atoms with E-state index >= 15 is 0 Å².